The fourth-order valence-electron chi connectivity index (χ4n) is 3.94. The van der Waals surface area contributed by atoms with Gasteiger partial charge in [-0.25, -0.2) is 0 Å². The van der Waals surface area contributed by atoms with Crippen LogP contribution in [0.4, 0.5) is 0 Å². The first kappa shape index (κ1) is 14.3. The van der Waals surface area contributed by atoms with Gasteiger partial charge in [-0.2, -0.15) is 0 Å². The number of rotatable bonds is 4. The van der Waals surface area contributed by atoms with Crippen molar-refractivity contribution in [2.75, 3.05) is 33.3 Å². The molecule has 1 aliphatic heterocycles. The molecule has 2 fully saturated rings. The zero-order valence-electron chi connectivity index (χ0n) is 12.2. The van der Waals surface area contributed by atoms with E-state index in [4.69, 9.17) is 10.5 Å². The van der Waals surface area contributed by atoms with E-state index in [0.29, 0.717) is 11.5 Å². The topological polar surface area (TPSA) is 38.5 Å². The molecule has 106 valence electrons. The van der Waals surface area contributed by atoms with Crippen molar-refractivity contribution in [1.82, 2.24) is 4.90 Å². The molecule has 0 amide bonds. The summed E-state index contributed by atoms with van der Waals surface area (Å²) in [6.07, 6.45) is 8.28. The van der Waals surface area contributed by atoms with E-state index in [2.05, 4.69) is 11.8 Å². The summed E-state index contributed by atoms with van der Waals surface area (Å²) in [7, 11) is 1.84. The maximum atomic E-state index is 6.12. The lowest BCUT2D eigenvalue weighted by Gasteiger charge is -2.44. The highest BCUT2D eigenvalue weighted by Gasteiger charge is 2.36. The Kier molecular flexibility index (Phi) is 5.05. The molecule has 18 heavy (non-hydrogen) atoms. The number of piperidine rings is 1. The van der Waals surface area contributed by atoms with E-state index in [0.717, 1.165) is 12.5 Å². The molecule has 0 aromatic carbocycles. The Morgan fingerprint density at radius 3 is 2.56 bits per heavy atom. The van der Waals surface area contributed by atoms with E-state index in [-0.39, 0.29) is 0 Å². The molecule has 1 aliphatic carbocycles. The number of likely N-dealkylation sites (tertiary alicyclic amines) is 1. The van der Waals surface area contributed by atoms with Crippen molar-refractivity contribution in [2.24, 2.45) is 17.1 Å². The molecule has 1 heterocycles. The first-order valence-electron chi connectivity index (χ1n) is 7.63. The van der Waals surface area contributed by atoms with Gasteiger partial charge in [0.25, 0.3) is 0 Å². The fraction of sp³-hybridized carbons (Fsp3) is 1.00. The van der Waals surface area contributed by atoms with E-state index in [1.807, 2.05) is 7.11 Å². The molecule has 2 atom stereocenters. The monoisotopic (exact) mass is 254 g/mol. The third-order valence-corrected chi connectivity index (χ3v) is 5.05. The fourth-order valence-corrected chi connectivity index (χ4v) is 3.94. The smallest absolute Gasteiger partial charge is 0.0595 e. The number of ether oxygens (including phenoxy) is 1. The summed E-state index contributed by atoms with van der Waals surface area (Å²) >= 11 is 0. The quantitative estimate of drug-likeness (QED) is 0.836. The van der Waals surface area contributed by atoms with Crippen LogP contribution in [0.25, 0.3) is 0 Å². The van der Waals surface area contributed by atoms with Crippen LogP contribution < -0.4 is 5.73 Å². The molecule has 0 bridgehead atoms. The lowest BCUT2D eigenvalue weighted by atomic mass is 9.69. The van der Waals surface area contributed by atoms with E-state index in [1.54, 1.807) is 0 Å². The normalized spacial score (nSPS) is 35.8. The summed E-state index contributed by atoms with van der Waals surface area (Å²) in [4.78, 5) is 2.63. The molecule has 0 aromatic rings. The van der Waals surface area contributed by atoms with Gasteiger partial charge in [0.2, 0.25) is 0 Å². The van der Waals surface area contributed by atoms with Gasteiger partial charge in [-0.3, -0.25) is 0 Å². The van der Waals surface area contributed by atoms with Gasteiger partial charge in [0.05, 0.1) is 6.10 Å². The molecule has 2 rings (SSSR count). The predicted octanol–water partition coefficient (Wildman–Crippen LogP) is 2.25. The molecule has 3 nitrogen and oxygen atoms in total. The SMILES string of the molecule is COC1CCN(CC2(CN)CCCC(C)C2)CC1. The first-order chi connectivity index (χ1) is 8.67. The highest BCUT2D eigenvalue weighted by molar-refractivity contribution is 4.90. The molecule has 2 N–H and O–H groups in total. The van der Waals surface area contributed by atoms with E-state index < -0.39 is 0 Å². The Hall–Kier alpha value is -0.120. The zero-order valence-corrected chi connectivity index (χ0v) is 12.2. The summed E-state index contributed by atoms with van der Waals surface area (Å²) in [6.45, 7) is 6.84. The second-order valence-electron chi connectivity index (χ2n) is 6.62. The van der Waals surface area contributed by atoms with E-state index in [9.17, 15) is 0 Å². The Balaban J connectivity index is 1.86. The van der Waals surface area contributed by atoms with Crippen molar-refractivity contribution >= 4 is 0 Å². The Morgan fingerprint density at radius 1 is 1.28 bits per heavy atom. The maximum Gasteiger partial charge on any atom is 0.0595 e. The van der Waals surface area contributed by atoms with Gasteiger partial charge in [-0.15, -0.1) is 0 Å². The molecular weight excluding hydrogens is 224 g/mol. The van der Waals surface area contributed by atoms with Crippen LogP contribution in [-0.2, 0) is 4.74 Å². The average Bonchev–Trinajstić information content (AvgIpc) is 2.39. The molecule has 2 aliphatic rings. The number of nitrogens with two attached hydrogens (primary N) is 1. The Bertz CT molecular complexity index is 251. The van der Waals surface area contributed by atoms with Crippen molar-refractivity contribution in [1.29, 1.82) is 0 Å². The summed E-state index contributed by atoms with van der Waals surface area (Å²) < 4.78 is 5.45. The third kappa shape index (κ3) is 3.46. The number of hydrogen-bond donors (Lipinski definition) is 1. The number of methoxy groups -OCH3 is 1. The average molecular weight is 254 g/mol. The summed E-state index contributed by atoms with van der Waals surface area (Å²) in [5.41, 5.74) is 6.52. The van der Waals surface area contributed by atoms with Gasteiger partial charge in [0.15, 0.2) is 0 Å². The van der Waals surface area contributed by atoms with Crippen molar-refractivity contribution in [2.45, 2.75) is 51.6 Å². The van der Waals surface area contributed by atoms with E-state index >= 15 is 0 Å². The van der Waals surface area contributed by atoms with E-state index in [1.165, 1.54) is 58.2 Å². The Labute approximate surface area is 112 Å². The highest BCUT2D eigenvalue weighted by atomic mass is 16.5. The van der Waals surface area contributed by atoms with Gasteiger partial charge in [-0.1, -0.05) is 19.8 Å². The van der Waals surface area contributed by atoms with Gasteiger partial charge < -0.3 is 15.4 Å². The molecule has 2 unspecified atom stereocenters. The van der Waals surface area contributed by atoms with Crippen LogP contribution >= 0.6 is 0 Å². The zero-order chi connectivity index (χ0) is 13.0. The van der Waals surface area contributed by atoms with Crippen molar-refractivity contribution < 1.29 is 4.74 Å². The summed E-state index contributed by atoms with van der Waals surface area (Å²) in [5, 5.41) is 0. The molecule has 0 radical (unpaired) electrons. The maximum absolute atomic E-state index is 6.12. The molecule has 1 saturated heterocycles. The summed E-state index contributed by atoms with van der Waals surface area (Å²) in [5.74, 6) is 0.860. The summed E-state index contributed by atoms with van der Waals surface area (Å²) in [6, 6.07) is 0. The lowest BCUT2D eigenvalue weighted by Crippen LogP contribution is -2.48. The number of nitrogens with zero attached hydrogens (tertiary/aromatic N) is 1. The van der Waals surface area contributed by atoms with Crippen molar-refractivity contribution in [3.8, 4) is 0 Å². The van der Waals surface area contributed by atoms with Crippen LogP contribution in [0.3, 0.4) is 0 Å². The highest BCUT2D eigenvalue weighted by Crippen LogP contribution is 2.39. The van der Waals surface area contributed by atoms with Crippen molar-refractivity contribution in [3.05, 3.63) is 0 Å². The minimum atomic E-state index is 0.400. The second-order valence-corrected chi connectivity index (χ2v) is 6.62. The van der Waals surface area contributed by atoms with Crippen LogP contribution in [0, 0.1) is 11.3 Å². The van der Waals surface area contributed by atoms with Gasteiger partial charge >= 0.3 is 0 Å². The molecular formula is C15H30N2O. The first-order valence-corrected chi connectivity index (χ1v) is 7.63. The molecule has 1 saturated carbocycles. The largest absolute Gasteiger partial charge is 0.381 e. The van der Waals surface area contributed by atoms with Crippen LogP contribution in [0.5, 0.6) is 0 Å². The molecule has 3 heteroatoms. The standard InChI is InChI=1S/C15H30N2O/c1-13-4-3-7-15(10-13,11-16)12-17-8-5-14(18-2)6-9-17/h13-14H,3-12,16H2,1-2H3. The molecule has 0 spiro atoms. The van der Waals surface area contributed by atoms with Crippen LogP contribution in [0.2, 0.25) is 0 Å². The lowest BCUT2D eigenvalue weighted by molar-refractivity contribution is 0.0160. The third-order valence-electron chi connectivity index (χ3n) is 5.05. The minimum Gasteiger partial charge on any atom is -0.381 e. The van der Waals surface area contributed by atoms with Gasteiger partial charge in [0, 0.05) is 26.7 Å². The van der Waals surface area contributed by atoms with Gasteiger partial charge in [0.1, 0.15) is 0 Å². The molecule has 0 aromatic heterocycles. The van der Waals surface area contributed by atoms with Crippen LogP contribution in [-0.4, -0.2) is 44.3 Å². The number of hydrogen-bond acceptors (Lipinski definition) is 3. The Morgan fingerprint density at radius 2 is 2.00 bits per heavy atom. The minimum absolute atomic E-state index is 0.400. The van der Waals surface area contributed by atoms with Crippen LogP contribution in [0.1, 0.15) is 45.4 Å². The van der Waals surface area contributed by atoms with Gasteiger partial charge in [-0.05, 0) is 43.6 Å². The van der Waals surface area contributed by atoms with Crippen molar-refractivity contribution in [3.63, 3.8) is 0 Å². The second kappa shape index (κ2) is 6.36. The van der Waals surface area contributed by atoms with Crippen LogP contribution in [0.15, 0.2) is 0 Å². The predicted molar refractivity (Wildman–Crippen MR) is 75.6 cm³/mol.